The Morgan fingerprint density at radius 2 is 1.71 bits per heavy atom. The number of rotatable bonds is 6. The molecule has 1 N–H and O–H groups in total. The van der Waals surface area contributed by atoms with Crippen molar-refractivity contribution < 1.29 is 19.1 Å². The van der Waals surface area contributed by atoms with Gasteiger partial charge in [-0.05, 0) is 50.5 Å². The number of carbonyl (C=O) groups excluding carboxylic acids is 2. The number of amides is 1. The highest BCUT2D eigenvalue weighted by molar-refractivity contribution is 6.01. The van der Waals surface area contributed by atoms with Crippen LogP contribution in [0.15, 0.2) is 42.5 Å². The maximum Gasteiger partial charge on any atom is 0.332 e. The largest absolute Gasteiger partial charge is 0.490 e. The summed E-state index contributed by atoms with van der Waals surface area (Å²) in [6.07, 6.45) is 0.766. The van der Waals surface area contributed by atoms with Gasteiger partial charge in [0.15, 0.2) is 0 Å². The van der Waals surface area contributed by atoms with Crippen molar-refractivity contribution in [1.82, 2.24) is 5.32 Å². The topological polar surface area (TPSA) is 64.6 Å². The van der Waals surface area contributed by atoms with E-state index in [1.54, 1.807) is 13.0 Å². The van der Waals surface area contributed by atoms with Gasteiger partial charge in [-0.25, -0.2) is 4.79 Å². The summed E-state index contributed by atoms with van der Waals surface area (Å²) in [6, 6.07) is 13.3. The molecule has 5 nitrogen and oxygen atoms in total. The Balaban J connectivity index is 1.94. The molecule has 5 heteroatoms. The standard InChI is InChI=1S/C23H27NO4/c1-5-27-22(26)23(13-17-10-6-7-11-18(17)14-23)24-21(25)19-12-8-9-16(4)20(19)28-15(2)3/h6-12,15H,5,13-14H2,1-4H3,(H,24,25). The van der Waals surface area contributed by atoms with Gasteiger partial charge in [-0.3, -0.25) is 4.79 Å². The molecule has 0 aromatic heterocycles. The van der Waals surface area contributed by atoms with E-state index < -0.39 is 11.5 Å². The van der Waals surface area contributed by atoms with Crippen LogP contribution in [-0.4, -0.2) is 30.1 Å². The number of benzene rings is 2. The Kier molecular flexibility index (Phi) is 5.73. The van der Waals surface area contributed by atoms with E-state index in [1.165, 1.54) is 0 Å². The minimum Gasteiger partial charge on any atom is -0.490 e. The highest BCUT2D eigenvalue weighted by atomic mass is 16.5. The van der Waals surface area contributed by atoms with Gasteiger partial charge in [-0.15, -0.1) is 0 Å². The molecular weight excluding hydrogens is 354 g/mol. The zero-order valence-corrected chi connectivity index (χ0v) is 16.9. The minimum absolute atomic E-state index is 0.0672. The molecular formula is C23H27NO4. The second-order valence-corrected chi connectivity index (χ2v) is 7.50. The third-order valence-corrected chi connectivity index (χ3v) is 4.93. The predicted molar refractivity (Wildman–Crippen MR) is 108 cm³/mol. The van der Waals surface area contributed by atoms with E-state index in [2.05, 4.69) is 5.32 Å². The third-order valence-electron chi connectivity index (χ3n) is 4.93. The number of carbonyl (C=O) groups is 2. The van der Waals surface area contributed by atoms with E-state index >= 15 is 0 Å². The number of hydrogen-bond acceptors (Lipinski definition) is 4. The molecule has 0 fully saturated rings. The lowest BCUT2D eigenvalue weighted by Crippen LogP contribution is -2.56. The summed E-state index contributed by atoms with van der Waals surface area (Å²) in [5, 5.41) is 2.99. The van der Waals surface area contributed by atoms with E-state index in [9.17, 15) is 9.59 Å². The lowest BCUT2D eigenvalue weighted by atomic mass is 9.94. The van der Waals surface area contributed by atoms with Crippen LogP contribution in [0.1, 0.15) is 47.8 Å². The molecule has 148 valence electrons. The Labute approximate surface area is 166 Å². The van der Waals surface area contributed by atoms with Crippen molar-refractivity contribution in [3.8, 4) is 5.75 Å². The number of hydrogen-bond donors (Lipinski definition) is 1. The molecule has 0 heterocycles. The van der Waals surface area contributed by atoms with Crippen molar-refractivity contribution >= 4 is 11.9 Å². The number of nitrogens with one attached hydrogen (secondary N) is 1. The summed E-state index contributed by atoms with van der Waals surface area (Å²) in [6.45, 7) is 7.77. The third kappa shape index (κ3) is 3.88. The molecule has 2 aromatic carbocycles. The molecule has 1 aliphatic carbocycles. The quantitative estimate of drug-likeness (QED) is 0.777. The van der Waals surface area contributed by atoms with Crippen LogP contribution in [0.3, 0.4) is 0 Å². The van der Waals surface area contributed by atoms with Crippen LogP contribution in [0.2, 0.25) is 0 Å². The van der Waals surface area contributed by atoms with Crippen LogP contribution < -0.4 is 10.1 Å². The molecule has 1 amide bonds. The molecule has 2 aromatic rings. The summed E-state index contributed by atoms with van der Waals surface area (Å²) in [5.74, 6) is -0.191. The van der Waals surface area contributed by atoms with Crippen molar-refractivity contribution in [3.63, 3.8) is 0 Å². The summed E-state index contributed by atoms with van der Waals surface area (Å²) in [7, 11) is 0. The molecule has 0 unspecified atom stereocenters. The highest BCUT2D eigenvalue weighted by Gasteiger charge is 2.46. The fraction of sp³-hybridized carbons (Fsp3) is 0.391. The van der Waals surface area contributed by atoms with E-state index in [-0.39, 0.29) is 18.6 Å². The lowest BCUT2D eigenvalue weighted by molar-refractivity contribution is -0.150. The Bertz CT molecular complexity index is 863. The number of ether oxygens (including phenoxy) is 2. The molecule has 1 aliphatic rings. The van der Waals surface area contributed by atoms with E-state index in [0.29, 0.717) is 24.2 Å². The van der Waals surface area contributed by atoms with Crippen LogP contribution in [0.25, 0.3) is 0 Å². The molecule has 0 saturated carbocycles. The predicted octanol–water partition coefficient (Wildman–Crippen LogP) is 3.61. The maximum absolute atomic E-state index is 13.2. The second-order valence-electron chi connectivity index (χ2n) is 7.50. The van der Waals surface area contributed by atoms with E-state index in [0.717, 1.165) is 16.7 Å². The Morgan fingerprint density at radius 3 is 2.29 bits per heavy atom. The fourth-order valence-electron chi connectivity index (χ4n) is 3.68. The van der Waals surface area contributed by atoms with Gasteiger partial charge >= 0.3 is 5.97 Å². The first-order chi connectivity index (χ1) is 13.4. The van der Waals surface area contributed by atoms with Gasteiger partial charge in [0.2, 0.25) is 0 Å². The van der Waals surface area contributed by atoms with Crippen molar-refractivity contribution in [2.24, 2.45) is 0 Å². The van der Waals surface area contributed by atoms with Crippen molar-refractivity contribution in [2.75, 3.05) is 6.61 Å². The van der Waals surface area contributed by atoms with Gasteiger partial charge < -0.3 is 14.8 Å². The summed E-state index contributed by atoms with van der Waals surface area (Å²) in [5.41, 5.74) is 2.31. The first-order valence-electron chi connectivity index (χ1n) is 9.69. The fourth-order valence-corrected chi connectivity index (χ4v) is 3.68. The molecule has 28 heavy (non-hydrogen) atoms. The van der Waals surface area contributed by atoms with Crippen LogP contribution in [-0.2, 0) is 22.4 Å². The molecule has 0 bridgehead atoms. The maximum atomic E-state index is 13.2. The van der Waals surface area contributed by atoms with Crippen LogP contribution >= 0.6 is 0 Å². The van der Waals surface area contributed by atoms with Crippen molar-refractivity contribution in [2.45, 2.75) is 52.2 Å². The Morgan fingerprint density at radius 1 is 1.07 bits per heavy atom. The van der Waals surface area contributed by atoms with Gasteiger partial charge in [0.25, 0.3) is 5.91 Å². The van der Waals surface area contributed by atoms with Crippen molar-refractivity contribution in [3.05, 3.63) is 64.7 Å². The number of aryl methyl sites for hydroxylation is 1. The SMILES string of the molecule is CCOC(=O)C1(NC(=O)c2cccc(C)c2OC(C)C)Cc2ccccc2C1. The number of esters is 1. The minimum atomic E-state index is -1.10. The second kappa shape index (κ2) is 8.05. The normalized spacial score (nSPS) is 14.5. The van der Waals surface area contributed by atoms with Crippen LogP contribution in [0.5, 0.6) is 5.75 Å². The average molecular weight is 381 g/mol. The molecule has 0 aliphatic heterocycles. The molecule has 0 saturated heterocycles. The van der Waals surface area contributed by atoms with Crippen LogP contribution in [0, 0.1) is 6.92 Å². The number of fused-ring (bicyclic) bond motifs is 1. The van der Waals surface area contributed by atoms with Crippen molar-refractivity contribution in [1.29, 1.82) is 0 Å². The summed E-state index contributed by atoms with van der Waals surface area (Å²) < 4.78 is 11.2. The van der Waals surface area contributed by atoms with Gasteiger partial charge in [0.1, 0.15) is 11.3 Å². The van der Waals surface area contributed by atoms with Crippen LogP contribution in [0.4, 0.5) is 0 Å². The monoisotopic (exact) mass is 381 g/mol. The zero-order chi connectivity index (χ0) is 20.3. The van der Waals surface area contributed by atoms with Gasteiger partial charge in [-0.1, -0.05) is 36.4 Å². The molecule has 0 atom stereocenters. The van der Waals surface area contributed by atoms with Gasteiger partial charge in [0.05, 0.1) is 18.3 Å². The molecule has 3 rings (SSSR count). The first-order valence-corrected chi connectivity index (χ1v) is 9.69. The molecule has 0 spiro atoms. The molecule has 0 radical (unpaired) electrons. The van der Waals surface area contributed by atoms with Gasteiger partial charge in [0, 0.05) is 12.8 Å². The van der Waals surface area contributed by atoms with E-state index in [1.807, 2.05) is 57.2 Å². The lowest BCUT2D eigenvalue weighted by Gasteiger charge is -2.28. The first kappa shape index (κ1) is 19.9. The summed E-state index contributed by atoms with van der Waals surface area (Å²) >= 11 is 0. The highest BCUT2D eigenvalue weighted by Crippen LogP contribution is 2.33. The van der Waals surface area contributed by atoms with E-state index in [4.69, 9.17) is 9.47 Å². The Hall–Kier alpha value is -2.82. The van der Waals surface area contributed by atoms with Gasteiger partial charge in [-0.2, -0.15) is 0 Å². The number of para-hydroxylation sites is 1. The summed E-state index contributed by atoms with van der Waals surface area (Å²) in [4.78, 5) is 26.1. The smallest absolute Gasteiger partial charge is 0.332 e. The average Bonchev–Trinajstić information content (AvgIpc) is 3.02. The zero-order valence-electron chi connectivity index (χ0n) is 16.9.